The van der Waals surface area contributed by atoms with Crippen LogP contribution in [0.5, 0.6) is 5.75 Å². The normalized spacial score (nSPS) is 24.6. The number of carboxylic acid groups (broad SMARTS) is 1. The number of amides is 3. The number of hydrogen-bond donors (Lipinski definition) is 3. The predicted molar refractivity (Wildman–Crippen MR) is 179 cm³/mol. The lowest BCUT2D eigenvalue weighted by molar-refractivity contribution is -0.146. The molecule has 3 aliphatic rings. The number of hydrogen-bond acceptors (Lipinski definition) is 10. The summed E-state index contributed by atoms with van der Waals surface area (Å²) in [4.78, 5) is 64.7. The number of methoxy groups -OCH3 is 1. The van der Waals surface area contributed by atoms with Gasteiger partial charge in [0, 0.05) is 35.0 Å². The van der Waals surface area contributed by atoms with E-state index in [0.717, 1.165) is 36.3 Å². The van der Waals surface area contributed by atoms with E-state index in [0.29, 0.717) is 11.3 Å². The van der Waals surface area contributed by atoms with Crippen LogP contribution in [0.15, 0.2) is 47.6 Å². The first-order chi connectivity index (χ1) is 22.9. The second-order valence-electron chi connectivity index (χ2n) is 13.6. The van der Waals surface area contributed by atoms with Gasteiger partial charge in [0.25, 0.3) is 0 Å². The van der Waals surface area contributed by atoms with Crippen LogP contribution in [0.2, 0.25) is 0 Å². The van der Waals surface area contributed by atoms with Crippen molar-refractivity contribution >= 4 is 41.4 Å². The maximum absolute atomic E-state index is 14.2. The van der Waals surface area contributed by atoms with Crippen LogP contribution in [0.25, 0.3) is 10.6 Å². The number of nitrogens with zero attached hydrogens (tertiary/aromatic N) is 3. The van der Waals surface area contributed by atoms with Gasteiger partial charge in [-0.2, -0.15) is 0 Å². The van der Waals surface area contributed by atoms with Gasteiger partial charge in [-0.05, 0) is 55.7 Å². The summed E-state index contributed by atoms with van der Waals surface area (Å²) in [6, 6.07) is 3.37. The van der Waals surface area contributed by atoms with Crippen LogP contribution in [0.4, 0.5) is 4.79 Å². The predicted octanol–water partition coefficient (Wildman–Crippen LogP) is 4.37. The number of oxime groups is 1. The Morgan fingerprint density at radius 2 is 1.96 bits per heavy atom. The molecule has 13 nitrogen and oxygen atoms in total. The molecule has 0 unspecified atom stereocenters. The standard InChI is InChI=1S/C34H43N5O8S/c1-6-21-17-34(21,31(42)43)38-28(40)26-16-24(47-36-18-20-15-23(45-5)11-12-25(20)29-35-13-14-48-29)19-39(26)30(41)27(33(2,3)4)37-32(44)46-22-9-7-8-10-22/h6,11-15,18,21-22,24,26-27H,1,7-10,16-17,19H2,2-5H3,(H,37,44)(H,38,40)(H,42,43)/b36-18+/t21-,24-,26+,27-,34+/m1/s1. The molecule has 1 aliphatic heterocycles. The third-order valence-corrected chi connectivity index (χ3v) is 9.96. The summed E-state index contributed by atoms with van der Waals surface area (Å²) < 4.78 is 11.0. The van der Waals surface area contributed by atoms with Crippen molar-refractivity contribution in [2.45, 2.75) is 89.1 Å². The molecule has 2 saturated carbocycles. The summed E-state index contributed by atoms with van der Waals surface area (Å²) in [5.41, 5.74) is -0.733. The molecule has 2 heterocycles. The van der Waals surface area contributed by atoms with Crippen LogP contribution < -0.4 is 15.4 Å². The highest BCUT2D eigenvalue weighted by Gasteiger charge is 2.61. The Morgan fingerprint density at radius 3 is 2.56 bits per heavy atom. The van der Waals surface area contributed by atoms with Crippen molar-refractivity contribution in [1.29, 1.82) is 0 Å². The molecule has 1 aromatic carbocycles. The number of carbonyl (C=O) groups excluding carboxylic acids is 3. The number of likely N-dealkylation sites (tertiary alicyclic amines) is 1. The van der Waals surface area contributed by atoms with Crippen molar-refractivity contribution < 1.29 is 38.6 Å². The third-order valence-electron chi connectivity index (χ3n) is 9.15. The highest BCUT2D eigenvalue weighted by molar-refractivity contribution is 7.13. The van der Waals surface area contributed by atoms with E-state index in [2.05, 4.69) is 27.4 Å². The lowest BCUT2D eigenvalue weighted by atomic mass is 9.85. The number of nitrogens with one attached hydrogen (secondary N) is 2. The fraction of sp³-hybridized carbons (Fsp3) is 0.529. The topological polar surface area (TPSA) is 169 Å². The van der Waals surface area contributed by atoms with Gasteiger partial charge in [-0.1, -0.05) is 32.0 Å². The van der Waals surface area contributed by atoms with Crippen LogP contribution in [-0.2, 0) is 24.0 Å². The van der Waals surface area contributed by atoms with Gasteiger partial charge in [-0.3, -0.25) is 9.59 Å². The first kappa shape index (κ1) is 34.9. The average molecular weight is 682 g/mol. The first-order valence-corrected chi connectivity index (χ1v) is 17.0. The lowest BCUT2D eigenvalue weighted by Gasteiger charge is -2.35. The Bertz CT molecular complexity index is 1550. The molecule has 5 rings (SSSR count). The summed E-state index contributed by atoms with van der Waals surface area (Å²) in [6.45, 7) is 9.08. The fourth-order valence-electron chi connectivity index (χ4n) is 6.31. The van der Waals surface area contributed by atoms with Gasteiger partial charge in [-0.25, -0.2) is 14.6 Å². The summed E-state index contributed by atoms with van der Waals surface area (Å²) in [5, 5.41) is 22.2. The van der Waals surface area contributed by atoms with Gasteiger partial charge in [0.2, 0.25) is 11.8 Å². The van der Waals surface area contributed by atoms with E-state index in [4.69, 9.17) is 14.3 Å². The number of aliphatic carboxylic acids is 1. The number of aromatic nitrogens is 1. The van der Waals surface area contributed by atoms with Gasteiger partial charge < -0.3 is 35.0 Å². The molecule has 3 N–H and O–H groups in total. The monoisotopic (exact) mass is 681 g/mol. The molecular formula is C34H43N5O8S. The Hall–Kier alpha value is -4.46. The van der Waals surface area contributed by atoms with Crippen molar-refractivity contribution in [1.82, 2.24) is 20.5 Å². The van der Waals surface area contributed by atoms with Crippen LogP contribution >= 0.6 is 11.3 Å². The highest BCUT2D eigenvalue weighted by atomic mass is 32.1. The number of carboxylic acids is 1. The Balaban J connectivity index is 1.37. The van der Waals surface area contributed by atoms with Crippen molar-refractivity contribution in [3.05, 3.63) is 48.0 Å². The molecule has 3 fully saturated rings. The van der Waals surface area contributed by atoms with Crippen LogP contribution in [0.1, 0.15) is 64.9 Å². The molecule has 258 valence electrons. The zero-order valence-corrected chi connectivity index (χ0v) is 28.5. The molecular weight excluding hydrogens is 638 g/mol. The fourth-order valence-corrected chi connectivity index (χ4v) is 6.99. The number of thiazole rings is 1. The Kier molecular flexibility index (Phi) is 10.4. The summed E-state index contributed by atoms with van der Waals surface area (Å²) >= 11 is 1.47. The highest BCUT2D eigenvalue weighted by Crippen LogP contribution is 2.45. The number of benzene rings is 1. The summed E-state index contributed by atoms with van der Waals surface area (Å²) in [6.07, 6.45) is 6.86. The quantitative estimate of drug-likeness (QED) is 0.167. The zero-order chi connectivity index (χ0) is 34.6. The molecule has 48 heavy (non-hydrogen) atoms. The molecule has 3 amide bonds. The summed E-state index contributed by atoms with van der Waals surface area (Å²) in [7, 11) is 1.56. The minimum atomic E-state index is -1.49. The van der Waals surface area contributed by atoms with E-state index in [1.807, 2.05) is 17.5 Å². The molecule has 5 atom stereocenters. The molecule has 0 radical (unpaired) electrons. The van der Waals surface area contributed by atoms with Crippen molar-refractivity contribution in [2.75, 3.05) is 13.7 Å². The summed E-state index contributed by atoms with van der Waals surface area (Å²) in [5.74, 6) is -2.15. The third kappa shape index (κ3) is 7.64. The first-order valence-electron chi connectivity index (χ1n) is 16.1. The van der Waals surface area contributed by atoms with E-state index in [1.165, 1.54) is 28.5 Å². The van der Waals surface area contributed by atoms with E-state index < -0.39 is 58.9 Å². The minimum Gasteiger partial charge on any atom is -0.497 e. The van der Waals surface area contributed by atoms with E-state index in [1.54, 1.807) is 40.1 Å². The molecule has 1 saturated heterocycles. The molecule has 2 aromatic rings. The van der Waals surface area contributed by atoms with Crippen molar-refractivity contribution in [3.63, 3.8) is 0 Å². The molecule has 1 aromatic heterocycles. The SMILES string of the molecule is C=C[C@@H]1C[C@@]1(NC(=O)[C@@H]1C[C@@H](O/N=C/c2cc(OC)ccc2-c2nccs2)CN1C(=O)[C@@H](NC(=O)OC1CCCC1)C(C)(C)C)C(=O)O. The second-order valence-corrected chi connectivity index (χ2v) is 14.5. The number of ether oxygens (including phenoxy) is 2. The van der Waals surface area contributed by atoms with Gasteiger partial charge in [0.1, 0.15) is 40.6 Å². The largest absolute Gasteiger partial charge is 0.497 e. The van der Waals surface area contributed by atoms with Crippen molar-refractivity contribution in [2.24, 2.45) is 16.5 Å². The number of carbonyl (C=O) groups is 4. The second kappa shape index (κ2) is 14.3. The smallest absolute Gasteiger partial charge is 0.408 e. The van der Waals surface area contributed by atoms with Crippen molar-refractivity contribution in [3.8, 4) is 16.3 Å². The molecule has 2 aliphatic carbocycles. The maximum Gasteiger partial charge on any atom is 0.408 e. The molecule has 0 spiro atoms. The van der Waals surface area contributed by atoms with E-state index >= 15 is 0 Å². The lowest BCUT2D eigenvalue weighted by Crippen LogP contribution is -2.59. The minimum absolute atomic E-state index is 0.0252. The van der Waals surface area contributed by atoms with E-state index in [9.17, 15) is 24.3 Å². The van der Waals surface area contributed by atoms with Crippen LogP contribution in [-0.4, -0.2) is 88.6 Å². The Morgan fingerprint density at radius 1 is 1.21 bits per heavy atom. The van der Waals surface area contributed by atoms with Gasteiger partial charge in [-0.15, -0.1) is 17.9 Å². The zero-order valence-electron chi connectivity index (χ0n) is 27.6. The van der Waals surface area contributed by atoms with E-state index in [-0.39, 0.29) is 25.5 Å². The van der Waals surface area contributed by atoms with Gasteiger partial charge >= 0.3 is 12.1 Å². The molecule has 14 heteroatoms. The van der Waals surface area contributed by atoms with Crippen LogP contribution in [0, 0.1) is 11.3 Å². The number of rotatable bonds is 12. The maximum atomic E-state index is 14.2. The van der Waals surface area contributed by atoms with Gasteiger partial charge in [0.05, 0.1) is 19.9 Å². The average Bonchev–Trinajstić information content (AvgIpc) is 3.53. The molecule has 0 bridgehead atoms. The van der Waals surface area contributed by atoms with Crippen LogP contribution in [0.3, 0.4) is 0 Å². The number of alkyl carbamates (subject to hydrolysis) is 1. The Labute approximate surface area is 283 Å². The van der Waals surface area contributed by atoms with Gasteiger partial charge in [0.15, 0.2) is 0 Å².